The number of aromatic nitrogens is 5. The summed E-state index contributed by atoms with van der Waals surface area (Å²) in [7, 11) is 0. The van der Waals surface area contributed by atoms with Crippen molar-refractivity contribution in [2.75, 3.05) is 23.3 Å². The van der Waals surface area contributed by atoms with Crippen LogP contribution in [-0.4, -0.2) is 50.4 Å². The van der Waals surface area contributed by atoms with Crippen LogP contribution in [0.2, 0.25) is 0 Å². The molecule has 1 unspecified atom stereocenters. The molecule has 2 aromatic heterocycles. The van der Waals surface area contributed by atoms with E-state index < -0.39 is 0 Å². The molecule has 1 aliphatic heterocycles. The third kappa shape index (κ3) is 3.56. The van der Waals surface area contributed by atoms with Gasteiger partial charge in [0, 0.05) is 24.8 Å². The number of fused-ring (bicyclic) bond motifs is 1. The number of carbonyl (C=O) groups is 1. The normalized spacial score (nSPS) is 17.2. The molecule has 9 nitrogen and oxygen atoms in total. The van der Waals surface area contributed by atoms with E-state index in [1.807, 2.05) is 42.5 Å². The predicted molar refractivity (Wildman–Crippen MR) is 97.0 cm³/mol. The van der Waals surface area contributed by atoms with Gasteiger partial charge in [0.1, 0.15) is 0 Å². The van der Waals surface area contributed by atoms with Crippen LogP contribution >= 0.6 is 0 Å². The van der Waals surface area contributed by atoms with Gasteiger partial charge >= 0.3 is 6.03 Å². The largest absolute Gasteiger partial charge is 0.350 e. The highest BCUT2D eigenvalue weighted by Gasteiger charge is 2.24. The van der Waals surface area contributed by atoms with Crippen LogP contribution in [0.4, 0.5) is 16.3 Å². The second-order valence-electron chi connectivity index (χ2n) is 6.26. The number of benzene rings is 1. The maximum Gasteiger partial charge on any atom is 0.319 e. The number of hydrogen-bond acceptors (Lipinski definition) is 6. The lowest BCUT2D eigenvalue weighted by Gasteiger charge is -2.36. The second-order valence-corrected chi connectivity index (χ2v) is 6.26. The van der Waals surface area contributed by atoms with E-state index >= 15 is 0 Å². The van der Waals surface area contributed by atoms with Crippen molar-refractivity contribution in [3.05, 3.63) is 42.5 Å². The van der Waals surface area contributed by atoms with Gasteiger partial charge in [0.2, 0.25) is 0 Å². The summed E-state index contributed by atoms with van der Waals surface area (Å²) in [5.74, 6) is 0.819. The van der Waals surface area contributed by atoms with E-state index in [1.165, 1.54) is 4.63 Å². The van der Waals surface area contributed by atoms with Gasteiger partial charge < -0.3 is 15.5 Å². The standard InChI is InChI=1S/C17H20N8O/c26-17(19-13-6-2-1-3-7-13)18-12-14-8-4-5-11-24(14)16-10-9-15-20-22-23-25(15)21-16/h1-3,6-7,9-10,14H,4-5,8,11-12H2,(H2,18,19,26). The van der Waals surface area contributed by atoms with Crippen LogP contribution in [0.15, 0.2) is 42.5 Å². The third-order valence-electron chi connectivity index (χ3n) is 4.51. The molecule has 1 aromatic carbocycles. The minimum Gasteiger partial charge on any atom is -0.350 e. The average Bonchev–Trinajstić information content (AvgIpc) is 3.15. The fraction of sp³-hybridized carbons (Fsp3) is 0.353. The lowest BCUT2D eigenvalue weighted by atomic mass is 10.0. The SMILES string of the molecule is O=C(NCC1CCCCN1c1ccc2nnnn2n1)Nc1ccccc1. The molecule has 1 atom stereocenters. The topological polar surface area (TPSA) is 100 Å². The van der Waals surface area contributed by atoms with Gasteiger partial charge in [0.25, 0.3) is 0 Å². The first kappa shape index (κ1) is 16.2. The minimum absolute atomic E-state index is 0.187. The molecule has 9 heteroatoms. The number of tetrazole rings is 1. The maximum absolute atomic E-state index is 12.2. The second kappa shape index (κ2) is 7.34. The molecular weight excluding hydrogens is 332 g/mol. The molecule has 26 heavy (non-hydrogen) atoms. The molecule has 0 aliphatic carbocycles. The van der Waals surface area contributed by atoms with Crippen LogP contribution in [0, 0.1) is 0 Å². The van der Waals surface area contributed by atoms with E-state index in [2.05, 4.69) is 36.2 Å². The zero-order valence-corrected chi connectivity index (χ0v) is 14.2. The van der Waals surface area contributed by atoms with E-state index in [1.54, 1.807) is 0 Å². The molecule has 3 aromatic rings. The zero-order chi connectivity index (χ0) is 17.8. The van der Waals surface area contributed by atoms with Crippen LogP contribution in [0.1, 0.15) is 19.3 Å². The molecule has 3 heterocycles. The summed E-state index contributed by atoms with van der Waals surface area (Å²) in [6, 6.07) is 13.2. The van der Waals surface area contributed by atoms with Gasteiger partial charge in [-0.3, -0.25) is 0 Å². The Morgan fingerprint density at radius 1 is 1.15 bits per heavy atom. The first-order valence-electron chi connectivity index (χ1n) is 8.71. The van der Waals surface area contributed by atoms with E-state index in [4.69, 9.17) is 0 Å². The summed E-state index contributed by atoms with van der Waals surface area (Å²) in [5.41, 5.74) is 1.39. The monoisotopic (exact) mass is 352 g/mol. The minimum atomic E-state index is -0.203. The van der Waals surface area contributed by atoms with Crippen molar-refractivity contribution < 1.29 is 4.79 Å². The molecule has 1 aliphatic rings. The lowest BCUT2D eigenvalue weighted by molar-refractivity contribution is 0.250. The Kier molecular flexibility index (Phi) is 4.59. The smallest absolute Gasteiger partial charge is 0.319 e. The van der Waals surface area contributed by atoms with E-state index in [9.17, 15) is 4.79 Å². The van der Waals surface area contributed by atoms with Crippen molar-refractivity contribution in [1.82, 2.24) is 30.6 Å². The summed E-state index contributed by atoms with van der Waals surface area (Å²) in [6.45, 7) is 1.45. The first-order valence-corrected chi connectivity index (χ1v) is 8.71. The van der Waals surface area contributed by atoms with Crippen LogP contribution in [-0.2, 0) is 0 Å². The number of nitrogens with zero attached hydrogens (tertiary/aromatic N) is 6. The number of nitrogens with one attached hydrogen (secondary N) is 2. The Labute approximate surface area is 150 Å². The van der Waals surface area contributed by atoms with Crippen LogP contribution in [0.5, 0.6) is 0 Å². The quantitative estimate of drug-likeness (QED) is 0.741. The average molecular weight is 352 g/mol. The molecule has 4 rings (SSSR count). The van der Waals surface area contributed by atoms with Crippen LogP contribution in [0.25, 0.3) is 5.65 Å². The van der Waals surface area contributed by atoms with Crippen LogP contribution in [0.3, 0.4) is 0 Å². The molecule has 2 N–H and O–H groups in total. The third-order valence-corrected chi connectivity index (χ3v) is 4.51. The molecule has 0 bridgehead atoms. The Morgan fingerprint density at radius 2 is 2.04 bits per heavy atom. The summed E-state index contributed by atoms with van der Waals surface area (Å²) in [4.78, 5) is 14.4. The number of rotatable bonds is 4. The van der Waals surface area contributed by atoms with E-state index in [-0.39, 0.29) is 12.1 Å². The van der Waals surface area contributed by atoms with E-state index in [0.29, 0.717) is 12.2 Å². The summed E-state index contributed by atoms with van der Waals surface area (Å²) in [6.07, 6.45) is 3.24. The van der Waals surface area contributed by atoms with Crippen LogP contribution < -0.4 is 15.5 Å². The van der Waals surface area contributed by atoms with Gasteiger partial charge in [-0.15, -0.1) is 14.8 Å². The molecule has 1 fully saturated rings. The van der Waals surface area contributed by atoms with Crippen molar-refractivity contribution in [2.24, 2.45) is 0 Å². The molecule has 0 spiro atoms. The first-order chi connectivity index (χ1) is 12.8. The summed E-state index contributed by atoms with van der Waals surface area (Å²) >= 11 is 0. The van der Waals surface area contributed by atoms with Crippen molar-refractivity contribution in [2.45, 2.75) is 25.3 Å². The number of urea groups is 1. The van der Waals surface area contributed by atoms with Gasteiger partial charge in [0.15, 0.2) is 11.5 Å². The Balaban J connectivity index is 1.41. The molecule has 0 saturated carbocycles. The number of carbonyl (C=O) groups excluding carboxylic acids is 1. The highest BCUT2D eigenvalue weighted by atomic mass is 16.2. The Hall–Kier alpha value is -3.23. The highest BCUT2D eigenvalue weighted by molar-refractivity contribution is 5.89. The number of piperidine rings is 1. The molecule has 1 saturated heterocycles. The van der Waals surface area contributed by atoms with Crippen molar-refractivity contribution in [3.8, 4) is 0 Å². The molecular formula is C17H20N8O. The van der Waals surface area contributed by atoms with Gasteiger partial charge in [-0.1, -0.05) is 18.2 Å². The molecule has 2 amide bonds. The predicted octanol–water partition coefficient (Wildman–Crippen LogP) is 1.70. The van der Waals surface area contributed by atoms with Gasteiger partial charge in [-0.25, -0.2) is 4.79 Å². The van der Waals surface area contributed by atoms with E-state index in [0.717, 1.165) is 37.3 Å². The molecule has 134 valence electrons. The summed E-state index contributed by atoms with van der Waals surface area (Å²) < 4.78 is 1.43. The summed E-state index contributed by atoms with van der Waals surface area (Å²) in [5, 5.41) is 21.7. The van der Waals surface area contributed by atoms with Gasteiger partial charge in [0.05, 0.1) is 0 Å². The Morgan fingerprint density at radius 3 is 2.92 bits per heavy atom. The number of para-hydroxylation sites is 1. The number of hydrogen-bond donors (Lipinski definition) is 2. The number of amides is 2. The zero-order valence-electron chi connectivity index (χ0n) is 14.2. The van der Waals surface area contributed by atoms with Gasteiger partial charge in [-0.2, -0.15) is 0 Å². The Bertz CT molecular complexity index is 881. The fourth-order valence-electron chi connectivity index (χ4n) is 3.22. The maximum atomic E-state index is 12.2. The van der Waals surface area contributed by atoms with Crippen molar-refractivity contribution in [1.29, 1.82) is 0 Å². The lowest BCUT2D eigenvalue weighted by Crippen LogP contribution is -2.48. The fourth-order valence-corrected chi connectivity index (χ4v) is 3.22. The highest BCUT2D eigenvalue weighted by Crippen LogP contribution is 2.22. The van der Waals surface area contributed by atoms with Gasteiger partial charge in [-0.05, 0) is 54.0 Å². The van der Waals surface area contributed by atoms with Crippen molar-refractivity contribution in [3.63, 3.8) is 0 Å². The number of anilines is 2. The van der Waals surface area contributed by atoms with Crippen molar-refractivity contribution >= 4 is 23.2 Å². The molecule has 0 radical (unpaired) electrons.